The molecular formula is C25H20F3N3O6. The van der Waals surface area contributed by atoms with E-state index >= 15 is 0 Å². The van der Waals surface area contributed by atoms with Crippen molar-refractivity contribution in [3.8, 4) is 17.2 Å². The van der Waals surface area contributed by atoms with Crippen molar-refractivity contribution in [2.24, 2.45) is 0 Å². The number of methoxy groups -OCH3 is 2. The van der Waals surface area contributed by atoms with Crippen LogP contribution in [-0.4, -0.2) is 49.0 Å². The highest BCUT2D eigenvalue weighted by molar-refractivity contribution is 6.20. The number of carbonyl (C=O) groups is 2. The lowest BCUT2D eigenvalue weighted by molar-refractivity contribution is -0.137. The molecule has 1 aliphatic carbocycles. The minimum atomic E-state index is -4.59. The maximum absolute atomic E-state index is 13.0. The van der Waals surface area contributed by atoms with Crippen LogP contribution in [0.4, 0.5) is 19.0 Å². The van der Waals surface area contributed by atoms with Crippen LogP contribution in [0.1, 0.15) is 5.56 Å². The SMILES string of the molecule is COCCOc1cc2ncnc(NC3=CC(=O)C(Oc4cccc(C(F)(F)F)c4)=CC3=O)c2cc1OC. The Labute approximate surface area is 208 Å². The van der Waals surface area contributed by atoms with Crippen molar-refractivity contribution in [3.05, 3.63) is 71.9 Å². The van der Waals surface area contributed by atoms with Crippen LogP contribution in [0.2, 0.25) is 0 Å². The Morgan fingerprint density at radius 2 is 1.76 bits per heavy atom. The Morgan fingerprint density at radius 1 is 0.946 bits per heavy atom. The number of alkyl halides is 3. The second-order valence-electron chi connectivity index (χ2n) is 7.63. The minimum absolute atomic E-state index is 0.110. The summed E-state index contributed by atoms with van der Waals surface area (Å²) in [5, 5.41) is 3.30. The minimum Gasteiger partial charge on any atom is -0.493 e. The maximum Gasteiger partial charge on any atom is 0.416 e. The van der Waals surface area contributed by atoms with Crippen molar-refractivity contribution >= 4 is 28.3 Å². The van der Waals surface area contributed by atoms with Gasteiger partial charge in [0, 0.05) is 30.7 Å². The number of rotatable bonds is 9. The van der Waals surface area contributed by atoms with E-state index in [4.69, 9.17) is 18.9 Å². The van der Waals surface area contributed by atoms with Gasteiger partial charge in [0.25, 0.3) is 0 Å². The molecule has 12 heteroatoms. The molecule has 1 aliphatic rings. The number of ketones is 2. The van der Waals surface area contributed by atoms with Crippen LogP contribution in [0.3, 0.4) is 0 Å². The Kier molecular flexibility index (Phi) is 7.39. The summed E-state index contributed by atoms with van der Waals surface area (Å²) in [7, 11) is 3.01. The van der Waals surface area contributed by atoms with E-state index in [-0.39, 0.29) is 23.9 Å². The normalized spacial score (nSPS) is 13.8. The third kappa shape index (κ3) is 5.86. The third-order valence-electron chi connectivity index (χ3n) is 5.15. The first-order valence-electron chi connectivity index (χ1n) is 10.8. The molecule has 0 spiro atoms. The fourth-order valence-electron chi connectivity index (χ4n) is 3.38. The van der Waals surface area contributed by atoms with Gasteiger partial charge >= 0.3 is 6.18 Å². The fraction of sp³-hybridized carbons (Fsp3) is 0.200. The number of aromatic nitrogens is 2. The summed E-state index contributed by atoms with van der Waals surface area (Å²) in [5.41, 5.74) is -0.581. The van der Waals surface area contributed by atoms with E-state index in [1.54, 1.807) is 19.2 Å². The van der Waals surface area contributed by atoms with Crippen LogP contribution in [-0.2, 0) is 20.5 Å². The van der Waals surface area contributed by atoms with E-state index in [0.29, 0.717) is 29.0 Å². The van der Waals surface area contributed by atoms with Crippen LogP contribution in [0, 0.1) is 0 Å². The lowest BCUT2D eigenvalue weighted by atomic mass is 10.1. The summed E-state index contributed by atoms with van der Waals surface area (Å²) in [4.78, 5) is 33.7. The molecule has 1 aromatic heterocycles. The molecular weight excluding hydrogens is 495 g/mol. The maximum atomic E-state index is 13.0. The van der Waals surface area contributed by atoms with Gasteiger partial charge < -0.3 is 24.3 Å². The van der Waals surface area contributed by atoms with Gasteiger partial charge in [0.1, 0.15) is 24.5 Å². The number of carbonyl (C=O) groups excluding carboxylic acids is 2. The molecule has 0 fully saturated rings. The van der Waals surface area contributed by atoms with Gasteiger partial charge in [-0.15, -0.1) is 0 Å². The van der Waals surface area contributed by atoms with Crippen LogP contribution in [0.5, 0.6) is 17.2 Å². The number of benzene rings is 2. The number of fused-ring (bicyclic) bond motifs is 1. The summed E-state index contributed by atoms with van der Waals surface area (Å²) in [5.74, 6) is -0.970. The summed E-state index contributed by atoms with van der Waals surface area (Å²) in [6, 6.07) is 7.25. The summed E-state index contributed by atoms with van der Waals surface area (Å²) in [6.07, 6.45) is -1.43. The van der Waals surface area contributed by atoms with Gasteiger partial charge in [0.15, 0.2) is 17.3 Å². The summed E-state index contributed by atoms with van der Waals surface area (Å²) in [6.45, 7) is 0.657. The van der Waals surface area contributed by atoms with Gasteiger partial charge in [-0.1, -0.05) is 6.07 Å². The molecule has 3 aromatic rings. The molecule has 0 aliphatic heterocycles. The monoisotopic (exact) mass is 515 g/mol. The Balaban J connectivity index is 1.56. The van der Waals surface area contributed by atoms with Crippen LogP contribution in [0.15, 0.2) is 66.3 Å². The van der Waals surface area contributed by atoms with E-state index in [2.05, 4.69) is 15.3 Å². The van der Waals surface area contributed by atoms with Crippen LogP contribution < -0.4 is 19.5 Å². The highest BCUT2D eigenvalue weighted by Gasteiger charge is 2.31. The predicted molar refractivity (Wildman–Crippen MR) is 125 cm³/mol. The second kappa shape index (κ2) is 10.7. The van der Waals surface area contributed by atoms with Gasteiger partial charge in [-0.3, -0.25) is 9.59 Å². The van der Waals surface area contributed by atoms with E-state index in [1.807, 2.05) is 0 Å². The van der Waals surface area contributed by atoms with Gasteiger partial charge in [0.05, 0.1) is 30.5 Å². The molecule has 0 radical (unpaired) electrons. The molecule has 0 bridgehead atoms. The van der Waals surface area contributed by atoms with Crippen molar-refractivity contribution in [1.29, 1.82) is 0 Å². The number of nitrogens with zero attached hydrogens (tertiary/aromatic N) is 2. The van der Waals surface area contributed by atoms with E-state index in [9.17, 15) is 22.8 Å². The topological polar surface area (TPSA) is 109 Å². The Hall–Kier alpha value is -4.45. The highest BCUT2D eigenvalue weighted by Crippen LogP contribution is 2.35. The average Bonchev–Trinajstić information content (AvgIpc) is 2.86. The summed E-state index contributed by atoms with van der Waals surface area (Å²) >= 11 is 0. The lowest BCUT2D eigenvalue weighted by Crippen LogP contribution is -2.21. The molecule has 4 rings (SSSR count). The van der Waals surface area contributed by atoms with Crippen molar-refractivity contribution < 1.29 is 41.7 Å². The quantitative estimate of drug-likeness (QED) is 0.333. The van der Waals surface area contributed by atoms with Gasteiger partial charge in [-0.2, -0.15) is 13.2 Å². The van der Waals surface area contributed by atoms with E-state index in [0.717, 1.165) is 30.4 Å². The fourth-order valence-corrected chi connectivity index (χ4v) is 3.38. The van der Waals surface area contributed by atoms with E-state index < -0.39 is 29.1 Å². The zero-order valence-electron chi connectivity index (χ0n) is 19.6. The van der Waals surface area contributed by atoms with Crippen molar-refractivity contribution in [3.63, 3.8) is 0 Å². The number of ether oxygens (including phenoxy) is 4. The van der Waals surface area contributed by atoms with Gasteiger partial charge in [-0.25, -0.2) is 9.97 Å². The summed E-state index contributed by atoms with van der Waals surface area (Å²) < 4.78 is 60.2. The second-order valence-corrected chi connectivity index (χ2v) is 7.63. The molecule has 0 unspecified atom stereocenters. The van der Waals surface area contributed by atoms with Crippen molar-refractivity contribution in [2.45, 2.75) is 6.18 Å². The average molecular weight is 515 g/mol. The number of allylic oxidation sites excluding steroid dienone is 2. The first-order valence-corrected chi connectivity index (χ1v) is 10.8. The Bertz CT molecular complexity index is 1420. The molecule has 1 N–H and O–H groups in total. The number of hydrogen-bond donors (Lipinski definition) is 1. The van der Waals surface area contributed by atoms with Gasteiger partial charge in [-0.05, 0) is 24.3 Å². The molecule has 1 heterocycles. The molecule has 9 nitrogen and oxygen atoms in total. The molecule has 0 saturated heterocycles. The standard InChI is InChI=1S/C25H20F3N3O6/c1-34-6-7-36-23-11-17-16(9-22(23)35-2)24(30-13-29-17)31-18-10-20(33)21(12-19(18)32)37-15-5-3-4-14(8-15)25(26,27)28/h3-5,8-13H,6-7H2,1-2H3,(H,29,30,31). The van der Waals surface area contributed by atoms with Crippen molar-refractivity contribution in [2.75, 3.05) is 32.8 Å². The molecule has 192 valence electrons. The molecule has 0 atom stereocenters. The van der Waals surface area contributed by atoms with Gasteiger partial charge in [0.2, 0.25) is 11.6 Å². The lowest BCUT2D eigenvalue weighted by Gasteiger charge is -2.16. The molecule has 37 heavy (non-hydrogen) atoms. The van der Waals surface area contributed by atoms with E-state index in [1.165, 1.54) is 19.5 Å². The highest BCUT2D eigenvalue weighted by atomic mass is 19.4. The number of anilines is 1. The number of nitrogens with one attached hydrogen (secondary N) is 1. The van der Waals surface area contributed by atoms with Crippen LogP contribution in [0.25, 0.3) is 10.9 Å². The first-order chi connectivity index (χ1) is 17.7. The number of hydrogen-bond acceptors (Lipinski definition) is 9. The molecule has 0 amide bonds. The number of halogens is 3. The molecule has 0 saturated carbocycles. The largest absolute Gasteiger partial charge is 0.493 e. The molecule has 2 aromatic carbocycles. The zero-order chi connectivity index (χ0) is 26.6. The Morgan fingerprint density at radius 3 is 2.49 bits per heavy atom. The van der Waals surface area contributed by atoms with Crippen LogP contribution >= 0.6 is 0 Å². The predicted octanol–water partition coefficient (Wildman–Crippen LogP) is 4.09. The zero-order valence-corrected chi connectivity index (χ0v) is 19.6. The third-order valence-corrected chi connectivity index (χ3v) is 5.15. The van der Waals surface area contributed by atoms with Crippen molar-refractivity contribution in [1.82, 2.24) is 9.97 Å². The first kappa shape index (κ1) is 25.6. The smallest absolute Gasteiger partial charge is 0.416 e.